The van der Waals surface area contributed by atoms with Gasteiger partial charge in [-0.25, -0.2) is 19.2 Å². The van der Waals surface area contributed by atoms with Gasteiger partial charge in [0.2, 0.25) is 23.6 Å². The van der Waals surface area contributed by atoms with Crippen LogP contribution >= 0.6 is 0 Å². The number of carbonyl (C=O) groups excluding carboxylic acids is 10. The van der Waals surface area contributed by atoms with Gasteiger partial charge in [-0.3, -0.25) is 28.8 Å². The highest BCUT2D eigenvalue weighted by Gasteiger charge is 2.33. The molecule has 4 unspecified atom stereocenters. The Hall–Kier alpha value is -8.04. The first-order valence-corrected chi connectivity index (χ1v) is 29.3. The number of hydrogen-bond donors (Lipinski definition) is 6. The molecule has 3 aromatic carbocycles. The molecule has 0 spiro atoms. The number of unbranched alkanes of at least 4 members (excludes halogenated alkanes) is 4. The molecule has 0 bridgehead atoms. The lowest BCUT2D eigenvalue weighted by molar-refractivity contribution is -0.150. The minimum absolute atomic E-state index is 0.0127. The Morgan fingerprint density at radius 1 is 0.476 bits per heavy atom. The molecule has 84 heavy (non-hydrogen) atoms. The highest BCUT2D eigenvalue weighted by Crippen LogP contribution is 2.44. The maximum absolute atomic E-state index is 14.5. The fourth-order valence-electron chi connectivity index (χ4n) is 8.72. The quantitative estimate of drug-likeness (QED) is 0.0188. The van der Waals surface area contributed by atoms with Crippen LogP contribution in [-0.2, 0) is 73.4 Å². The first kappa shape index (κ1) is 68.5. The van der Waals surface area contributed by atoms with E-state index in [1.807, 2.05) is 75.4 Å². The van der Waals surface area contributed by atoms with E-state index in [4.69, 9.17) is 28.4 Å². The third-order valence-electron chi connectivity index (χ3n) is 13.3. The summed E-state index contributed by atoms with van der Waals surface area (Å²) in [5.41, 5.74) is 4.01. The van der Waals surface area contributed by atoms with E-state index in [1.54, 1.807) is 45.0 Å². The fourth-order valence-corrected chi connectivity index (χ4v) is 8.72. The van der Waals surface area contributed by atoms with Crippen LogP contribution in [0.25, 0.3) is 11.1 Å². The standard InChI is InChI=1S/C62H86N6O16/c1-7-10-36-79-54(71)33-31-51(59(76)81-38-12-9-3)68-57(74)49(29-32-52(69)66-50(58(75)80-37-11-8-2)30-34-55(72)82-40-42-22-14-13-15-23-42)67-56(73)48(28-20-21-35-63-61(78)84-62(4,5)6)65-53(70)39-64-60(77)83-41-47-45-26-18-16-24-43(45)44-25-17-19-27-46(44)47/h13-19,22-27,47-51H,7-12,20-21,28-41H2,1-6H3,(H,63,78)(H,64,77)(H,65,70)(H,66,69)(H,67,73)(H,68,74). The lowest BCUT2D eigenvalue weighted by atomic mass is 9.98. The minimum atomic E-state index is -1.61. The molecule has 0 fully saturated rings. The largest absolute Gasteiger partial charge is 0.466 e. The predicted molar refractivity (Wildman–Crippen MR) is 310 cm³/mol. The second-order valence-corrected chi connectivity index (χ2v) is 21.3. The average Bonchev–Trinajstić information content (AvgIpc) is 2.20. The van der Waals surface area contributed by atoms with Crippen molar-refractivity contribution in [2.75, 3.05) is 39.5 Å². The van der Waals surface area contributed by atoms with E-state index >= 15 is 0 Å². The molecule has 4 rings (SSSR count). The van der Waals surface area contributed by atoms with Crippen molar-refractivity contribution in [1.29, 1.82) is 0 Å². The van der Waals surface area contributed by atoms with Crippen molar-refractivity contribution in [3.05, 3.63) is 95.6 Å². The third-order valence-corrected chi connectivity index (χ3v) is 13.3. The molecule has 0 radical (unpaired) electrons. The van der Waals surface area contributed by atoms with Crippen LogP contribution in [0.2, 0.25) is 0 Å². The molecule has 0 aliphatic heterocycles. The zero-order valence-electron chi connectivity index (χ0n) is 49.5. The van der Waals surface area contributed by atoms with E-state index in [-0.39, 0.29) is 84.0 Å². The summed E-state index contributed by atoms with van der Waals surface area (Å²) in [6, 6.07) is 18.8. The number of ether oxygens (including phenoxy) is 6. The van der Waals surface area contributed by atoms with Crippen LogP contribution < -0.4 is 31.9 Å². The molecule has 6 N–H and O–H groups in total. The zero-order chi connectivity index (χ0) is 61.3. The van der Waals surface area contributed by atoms with Gasteiger partial charge < -0.3 is 60.3 Å². The van der Waals surface area contributed by atoms with Crippen LogP contribution in [0.4, 0.5) is 9.59 Å². The smallest absolute Gasteiger partial charge is 0.407 e. The van der Waals surface area contributed by atoms with Crippen molar-refractivity contribution < 1.29 is 76.4 Å². The first-order chi connectivity index (χ1) is 40.3. The Morgan fingerprint density at radius 3 is 1.54 bits per heavy atom. The molecule has 3 aromatic rings. The summed E-state index contributed by atoms with van der Waals surface area (Å²) in [4.78, 5) is 134. The number of carbonyl (C=O) groups is 10. The van der Waals surface area contributed by atoms with Crippen molar-refractivity contribution >= 4 is 59.7 Å². The molecule has 1 aliphatic carbocycles. The number of hydrogen-bond acceptors (Lipinski definition) is 16. The van der Waals surface area contributed by atoms with Crippen LogP contribution in [-0.4, -0.2) is 129 Å². The number of amides is 6. The van der Waals surface area contributed by atoms with Gasteiger partial charge in [-0.1, -0.05) is 119 Å². The van der Waals surface area contributed by atoms with Crippen molar-refractivity contribution in [3.8, 4) is 11.1 Å². The summed E-state index contributed by atoms with van der Waals surface area (Å²) >= 11 is 0. The summed E-state index contributed by atoms with van der Waals surface area (Å²) in [6.07, 6.45) is 0.773. The highest BCUT2D eigenvalue weighted by molar-refractivity contribution is 5.95. The average molecular weight is 1170 g/mol. The van der Waals surface area contributed by atoms with Gasteiger partial charge in [0, 0.05) is 31.7 Å². The van der Waals surface area contributed by atoms with Gasteiger partial charge in [0.05, 0.1) is 19.8 Å². The molecule has 0 saturated carbocycles. The van der Waals surface area contributed by atoms with E-state index in [0.717, 1.165) is 34.2 Å². The summed E-state index contributed by atoms with van der Waals surface area (Å²) in [7, 11) is 0. The van der Waals surface area contributed by atoms with Crippen LogP contribution in [0, 0.1) is 0 Å². The van der Waals surface area contributed by atoms with E-state index in [9.17, 15) is 47.9 Å². The molecule has 460 valence electrons. The number of nitrogens with one attached hydrogen (secondary N) is 6. The van der Waals surface area contributed by atoms with Crippen LogP contribution in [0.1, 0.15) is 160 Å². The Morgan fingerprint density at radius 2 is 0.964 bits per heavy atom. The first-order valence-electron chi connectivity index (χ1n) is 29.3. The van der Waals surface area contributed by atoms with Gasteiger partial charge in [0.15, 0.2) is 0 Å². The van der Waals surface area contributed by atoms with Gasteiger partial charge in [0.25, 0.3) is 0 Å². The SMILES string of the molecule is CCCCOC(=O)CCC(NC(=O)C(CCC(=O)NC(CCC(=O)OCc1ccccc1)C(=O)OCCCC)NC(=O)C(CCCCNC(=O)OC(C)(C)C)NC(=O)CNC(=O)OCC1c2ccccc2-c2ccccc21)C(=O)OCCCC. The Kier molecular flexibility index (Phi) is 30.3. The molecule has 6 amide bonds. The lowest BCUT2D eigenvalue weighted by Crippen LogP contribution is -2.56. The van der Waals surface area contributed by atoms with Crippen molar-refractivity contribution in [3.63, 3.8) is 0 Å². The molecule has 0 heterocycles. The number of fused-ring (bicyclic) bond motifs is 3. The second kappa shape index (κ2) is 37.2. The Labute approximate surface area is 492 Å². The van der Waals surface area contributed by atoms with Crippen LogP contribution in [0.3, 0.4) is 0 Å². The monoisotopic (exact) mass is 1170 g/mol. The topological polar surface area (TPSA) is 298 Å². The summed E-state index contributed by atoms with van der Waals surface area (Å²) < 4.78 is 32.5. The lowest BCUT2D eigenvalue weighted by Gasteiger charge is -2.25. The summed E-state index contributed by atoms with van der Waals surface area (Å²) in [5.74, 6) is -6.62. The Bertz CT molecular complexity index is 2580. The molecular formula is C62H86N6O16. The molecule has 22 nitrogen and oxygen atoms in total. The zero-order valence-corrected chi connectivity index (χ0v) is 49.5. The number of benzene rings is 3. The summed E-state index contributed by atoms with van der Waals surface area (Å²) in [6.45, 7) is 10.5. The van der Waals surface area contributed by atoms with Crippen molar-refractivity contribution in [1.82, 2.24) is 31.9 Å². The molecule has 4 atom stereocenters. The van der Waals surface area contributed by atoms with Gasteiger partial charge in [0.1, 0.15) is 49.5 Å². The van der Waals surface area contributed by atoms with Crippen LogP contribution in [0.5, 0.6) is 0 Å². The number of esters is 4. The molecule has 1 aliphatic rings. The molecule has 0 aromatic heterocycles. The highest BCUT2D eigenvalue weighted by atomic mass is 16.6. The molecular weight excluding hydrogens is 1080 g/mol. The Balaban J connectivity index is 1.55. The van der Waals surface area contributed by atoms with E-state index in [0.29, 0.717) is 38.5 Å². The number of alkyl carbamates (subject to hydrolysis) is 2. The van der Waals surface area contributed by atoms with Gasteiger partial charge >= 0.3 is 36.1 Å². The summed E-state index contributed by atoms with van der Waals surface area (Å²) in [5, 5.41) is 15.5. The second-order valence-electron chi connectivity index (χ2n) is 21.3. The van der Waals surface area contributed by atoms with Crippen molar-refractivity contribution in [2.24, 2.45) is 0 Å². The van der Waals surface area contributed by atoms with Crippen molar-refractivity contribution in [2.45, 2.75) is 180 Å². The van der Waals surface area contributed by atoms with E-state index in [2.05, 4.69) is 31.9 Å². The fraction of sp³-hybridized carbons (Fsp3) is 0.548. The molecule has 22 heteroatoms. The van der Waals surface area contributed by atoms with Gasteiger partial charge in [-0.2, -0.15) is 0 Å². The number of rotatable bonds is 37. The molecule has 0 saturated heterocycles. The maximum Gasteiger partial charge on any atom is 0.407 e. The normalized spacial score (nSPS) is 13.0. The van der Waals surface area contributed by atoms with E-state index in [1.165, 1.54) is 0 Å². The minimum Gasteiger partial charge on any atom is -0.466 e. The maximum atomic E-state index is 14.5. The van der Waals surface area contributed by atoms with Crippen LogP contribution in [0.15, 0.2) is 78.9 Å². The third kappa shape index (κ3) is 25.6. The van der Waals surface area contributed by atoms with E-state index < -0.39 is 109 Å². The van der Waals surface area contributed by atoms with Gasteiger partial charge in [-0.05, 0) is 106 Å². The predicted octanol–water partition coefficient (Wildman–Crippen LogP) is 7.27. The van der Waals surface area contributed by atoms with Gasteiger partial charge in [-0.15, -0.1) is 0 Å².